The first-order chi connectivity index (χ1) is 8.47. The summed E-state index contributed by atoms with van der Waals surface area (Å²) in [6.07, 6.45) is 1.78. The van der Waals surface area contributed by atoms with Crippen molar-refractivity contribution >= 4 is 56.4 Å². The van der Waals surface area contributed by atoms with Crippen LogP contribution in [0.4, 0.5) is 0 Å². The van der Waals surface area contributed by atoms with Crippen LogP contribution in [0.3, 0.4) is 0 Å². The number of hydrogen-bond acceptors (Lipinski definition) is 2. The van der Waals surface area contributed by atoms with Crippen LogP contribution in [0.25, 0.3) is 20.2 Å². The summed E-state index contributed by atoms with van der Waals surface area (Å²) in [7, 11) is -1.26. The van der Waals surface area contributed by atoms with E-state index in [0.29, 0.717) is 5.15 Å². The molecule has 0 N–H and O–H groups in total. The number of hydrogen-bond donors (Lipinski definition) is 0. The molecule has 0 radical (unpaired) electrons. The Labute approximate surface area is 116 Å². The summed E-state index contributed by atoms with van der Waals surface area (Å²) in [5.74, 6) is 0. The van der Waals surface area contributed by atoms with E-state index in [1.54, 1.807) is 17.5 Å². The third-order valence-electron chi connectivity index (χ3n) is 3.20. The minimum absolute atomic E-state index is 0.611. The van der Waals surface area contributed by atoms with Gasteiger partial charge in [-0.15, -0.1) is 11.3 Å². The van der Waals surface area contributed by atoms with Gasteiger partial charge >= 0.3 is 0 Å². The molecule has 1 nitrogen and oxygen atoms in total. The third-order valence-corrected chi connectivity index (χ3v) is 6.65. The number of pyridine rings is 1. The van der Waals surface area contributed by atoms with E-state index in [1.807, 2.05) is 6.07 Å². The molecule has 4 heteroatoms. The fraction of sp³-hybridized carbons (Fsp3) is 0.214. The minimum Gasteiger partial charge on any atom is -0.244 e. The van der Waals surface area contributed by atoms with Crippen LogP contribution < -0.4 is 5.19 Å². The molecule has 1 aromatic carbocycles. The predicted molar refractivity (Wildman–Crippen MR) is 85.1 cm³/mol. The quantitative estimate of drug-likeness (QED) is 0.470. The van der Waals surface area contributed by atoms with Gasteiger partial charge in [0, 0.05) is 26.4 Å². The summed E-state index contributed by atoms with van der Waals surface area (Å²) < 4.78 is 2.54. The van der Waals surface area contributed by atoms with Crippen LogP contribution in [-0.4, -0.2) is 13.1 Å². The van der Waals surface area contributed by atoms with Gasteiger partial charge in [-0.05, 0) is 12.1 Å². The molecule has 2 heterocycles. The summed E-state index contributed by atoms with van der Waals surface area (Å²) in [5, 5.41) is 4.43. The van der Waals surface area contributed by atoms with Crippen molar-refractivity contribution in [3.05, 3.63) is 35.6 Å². The Morgan fingerprint density at radius 1 is 1.11 bits per heavy atom. The number of benzene rings is 1. The molecule has 0 bridgehead atoms. The first-order valence-corrected chi connectivity index (χ1v) is 10.6. The summed E-state index contributed by atoms with van der Waals surface area (Å²) in [6.45, 7) is 7.11. The second-order valence-electron chi connectivity index (χ2n) is 5.54. The number of nitrogens with zero attached hydrogens (tertiary/aromatic N) is 1. The van der Waals surface area contributed by atoms with Crippen molar-refractivity contribution in [2.75, 3.05) is 0 Å². The molecular formula is C14H14ClNSSi. The number of aromatic nitrogens is 1. The van der Waals surface area contributed by atoms with Gasteiger partial charge in [0.05, 0.1) is 8.07 Å². The van der Waals surface area contributed by atoms with E-state index in [1.165, 1.54) is 20.0 Å². The second-order valence-corrected chi connectivity index (χ2v) is 12.1. The van der Waals surface area contributed by atoms with Crippen molar-refractivity contribution < 1.29 is 0 Å². The van der Waals surface area contributed by atoms with Gasteiger partial charge in [0.15, 0.2) is 0 Å². The highest BCUT2D eigenvalue weighted by molar-refractivity contribution is 7.26. The summed E-state index contributed by atoms with van der Waals surface area (Å²) >= 11 is 8.02. The van der Waals surface area contributed by atoms with Gasteiger partial charge in [0.2, 0.25) is 0 Å². The maximum atomic E-state index is 6.21. The third kappa shape index (κ3) is 1.87. The van der Waals surface area contributed by atoms with Crippen molar-refractivity contribution in [2.24, 2.45) is 0 Å². The van der Waals surface area contributed by atoms with Crippen LogP contribution in [0.5, 0.6) is 0 Å². The van der Waals surface area contributed by atoms with Gasteiger partial charge in [-0.25, -0.2) is 4.98 Å². The smallest absolute Gasteiger partial charge is 0.138 e. The molecule has 3 aromatic rings. The number of fused-ring (bicyclic) bond motifs is 3. The van der Waals surface area contributed by atoms with Crippen molar-refractivity contribution in [1.82, 2.24) is 4.98 Å². The Morgan fingerprint density at radius 2 is 1.89 bits per heavy atom. The van der Waals surface area contributed by atoms with Crippen LogP contribution in [0.2, 0.25) is 24.8 Å². The van der Waals surface area contributed by atoms with Gasteiger partial charge in [-0.3, -0.25) is 0 Å². The molecule has 0 aliphatic carbocycles. The largest absolute Gasteiger partial charge is 0.244 e. The van der Waals surface area contributed by atoms with E-state index in [9.17, 15) is 0 Å². The van der Waals surface area contributed by atoms with Crippen molar-refractivity contribution in [3.63, 3.8) is 0 Å². The molecule has 0 aliphatic heterocycles. The number of rotatable bonds is 1. The molecule has 2 aromatic heterocycles. The van der Waals surface area contributed by atoms with E-state index in [-0.39, 0.29) is 0 Å². The molecule has 3 rings (SSSR count). The van der Waals surface area contributed by atoms with Crippen LogP contribution in [0.1, 0.15) is 0 Å². The Morgan fingerprint density at radius 3 is 2.61 bits per heavy atom. The van der Waals surface area contributed by atoms with Crippen molar-refractivity contribution in [1.29, 1.82) is 0 Å². The zero-order valence-corrected chi connectivity index (χ0v) is 13.2. The lowest BCUT2D eigenvalue weighted by Crippen LogP contribution is -2.37. The molecular weight excluding hydrogens is 278 g/mol. The molecule has 0 aliphatic rings. The van der Waals surface area contributed by atoms with E-state index in [4.69, 9.17) is 11.6 Å². The Hall–Kier alpha value is -0.903. The molecule has 0 saturated heterocycles. The van der Waals surface area contributed by atoms with Crippen LogP contribution >= 0.6 is 22.9 Å². The van der Waals surface area contributed by atoms with Crippen LogP contribution in [-0.2, 0) is 0 Å². The monoisotopic (exact) mass is 291 g/mol. The minimum atomic E-state index is -1.26. The topological polar surface area (TPSA) is 12.9 Å². The molecule has 18 heavy (non-hydrogen) atoms. The molecule has 0 fully saturated rings. The molecule has 0 unspecified atom stereocenters. The molecule has 0 amide bonds. The Kier molecular flexibility index (Phi) is 2.73. The normalized spacial score (nSPS) is 12.4. The first kappa shape index (κ1) is 12.1. The summed E-state index contributed by atoms with van der Waals surface area (Å²) in [6, 6.07) is 8.84. The fourth-order valence-corrected chi connectivity index (χ4v) is 4.87. The Bertz CT molecular complexity index is 742. The molecule has 0 spiro atoms. The van der Waals surface area contributed by atoms with Crippen LogP contribution in [0, 0.1) is 0 Å². The number of thiophene rings is 1. The Balaban J connectivity index is 2.38. The zero-order chi connectivity index (χ0) is 12.9. The van der Waals surface area contributed by atoms with E-state index in [0.717, 1.165) is 5.39 Å². The molecule has 92 valence electrons. The highest BCUT2D eigenvalue weighted by atomic mass is 35.5. The summed E-state index contributed by atoms with van der Waals surface area (Å²) in [4.78, 5) is 4.18. The standard InChI is InChI=1S/C14H14ClNSSi/c1-18(2,3)9-4-5-10-12(8-9)17-11-6-7-16-14(15)13(10)11/h4-8H,1-3H3. The van der Waals surface area contributed by atoms with E-state index in [2.05, 4.69) is 42.8 Å². The van der Waals surface area contributed by atoms with Crippen LogP contribution in [0.15, 0.2) is 30.5 Å². The second kappa shape index (κ2) is 4.05. The number of halogens is 1. The SMILES string of the molecule is C[Si](C)(C)c1ccc2c(c1)sc1ccnc(Cl)c12. The fourth-order valence-electron chi connectivity index (χ4n) is 2.15. The summed E-state index contributed by atoms with van der Waals surface area (Å²) in [5.41, 5.74) is 0. The molecule has 0 saturated carbocycles. The first-order valence-electron chi connectivity index (χ1n) is 5.94. The maximum Gasteiger partial charge on any atom is 0.138 e. The average molecular weight is 292 g/mol. The van der Waals surface area contributed by atoms with Crippen molar-refractivity contribution in [2.45, 2.75) is 19.6 Å². The average Bonchev–Trinajstić information content (AvgIpc) is 2.66. The maximum absolute atomic E-state index is 6.21. The highest BCUT2D eigenvalue weighted by Gasteiger charge is 2.18. The lowest BCUT2D eigenvalue weighted by Gasteiger charge is -2.16. The lowest BCUT2D eigenvalue weighted by molar-refractivity contribution is 1.37. The van der Waals surface area contributed by atoms with E-state index >= 15 is 0 Å². The predicted octanol–water partition coefficient (Wildman–Crippen LogP) is 4.65. The van der Waals surface area contributed by atoms with Gasteiger partial charge in [0.25, 0.3) is 0 Å². The molecule has 0 atom stereocenters. The lowest BCUT2D eigenvalue weighted by atomic mass is 10.2. The van der Waals surface area contributed by atoms with Gasteiger partial charge in [0.1, 0.15) is 5.15 Å². The van der Waals surface area contributed by atoms with Gasteiger partial charge in [-0.1, -0.05) is 48.6 Å². The zero-order valence-electron chi connectivity index (χ0n) is 10.6. The van der Waals surface area contributed by atoms with E-state index < -0.39 is 8.07 Å². The van der Waals surface area contributed by atoms with Gasteiger partial charge < -0.3 is 0 Å². The highest BCUT2D eigenvalue weighted by Crippen LogP contribution is 2.36. The van der Waals surface area contributed by atoms with Gasteiger partial charge in [-0.2, -0.15) is 0 Å². The van der Waals surface area contributed by atoms with Crippen molar-refractivity contribution in [3.8, 4) is 0 Å².